The van der Waals surface area contributed by atoms with Crippen LogP contribution in [0.3, 0.4) is 0 Å². The first kappa shape index (κ1) is 25.2. The van der Waals surface area contributed by atoms with E-state index in [1.165, 1.54) is 49.7 Å². The Morgan fingerprint density at radius 2 is 1.39 bits per heavy atom. The van der Waals surface area contributed by atoms with Gasteiger partial charge in [-0.15, -0.1) is 0 Å². The molecule has 4 aliphatic carbocycles. The van der Waals surface area contributed by atoms with E-state index in [0.717, 1.165) is 43.9 Å². The fourth-order valence-corrected chi connectivity index (χ4v) is 8.47. The number of nitrogens with one attached hydrogen (secondary N) is 1. The summed E-state index contributed by atoms with van der Waals surface area (Å²) < 4.78 is 0. The number of hydrogen-bond donors (Lipinski definition) is 1. The molecule has 4 saturated carbocycles. The van der Waals surface area contributed by atoms with Crippen LogP contribution in [0.15, 0.2) is 72.4 Å². The van der Waals surface area contributed by atoms with E-state index in [4.69, 9.17) is 0 Å². The average molecular weight is 509 g/mol. The highest BCUT2D eigenvalue weighted by Gasteiger charge is 2.53. The van der Waals surface area contributed by atoms with Crippen molar-refractivity contribution in [3.63, 3.8) is 0 Å². The minimum absolute atomic E-state index is 0.120. The second-order valence-corrected chi connectivity index (χ2v) is 12.4. The second kappa shape index (κ2) is 10.6. The largest absolute Gasteiger partial charge is 0.374 e. The molecule has 0 radical (unpaired) electrons. The molecule has 7 rings (SSSR count). The van der Waals surface area contributed by atoms with Crippen LogP contribution in [0.5, 0.6) is 0 Å². The summed E-state index contributed by atoms with van der Waals surface area (Å²) in [4.78, 5) is 17.9. The van der Waals surface area contributed by atoms with Gasteiger partial charge in [0.2, 0.25) is 0 Å². The van der Waals surface area contributed by atoms with E-state index < -0.39 is 0 Å². The molecule has 198 valence electrons. The van der Waals surface area contributed by atoms with Crippen molar-refractivity contribution in [2.24, 2.45) is 23.2 Å². The van der Waals surface area contributed by atoms with Gasteiger partial charge in [0.1, 0.15) is 11.6 Å². The van der Waals surface area contributed by atoms with Crippen molar-refractivity contribution < 1.29 is 4.79 Å². The van der Waals surface area contributed by atoms with Gasteiger partial charge in [-0.3, -0.25) is 9.69 Å². The summed E-state index contributed by atoms with van der Waals surface area (Å²) in [5.74, 6) is 2.33. The highest BCUT2D eigenvalue weighted by atomic mass is 16.1. The summed E-state index contributed by atoms with van der Waals surface area (Å²) in [6.45, 7) is 5.51. The maximum absolute atomic E-state index is 13.3. The first-order valence-electron chi connectivity index (χ1n) is 14.5. The van der Waals surface area contributed by atoms with E-state index in [-0.39, 0.29) is 29.0 Å². The number of hydrogen-bond acceptors (Lipinski definition) is 4. The summed E-state index contributed by atoms with van der Waals surface area (Å²) >= 11 is 0. The van der Waals surface area contributed by atoms with Crippen LogP contribution in [-0.2, 0) is 4.79 Å². The zero-order valence-corrected chi connectivity index (χ0v) is 22.6. The molecule has 2 aromatic carbocycles. The quantitative estimate of drug-likeness (QED) is 0.395. The lowest BCUT2D eigenvalue weighted by atomic mass is 9.48. The molecule has 1 amide bonds. The van der Waals surface area contributed by atoms with Crippen LogP contribution >= 0.6 is 0 Å². The fourth-order valence-electron chi connectivity index (χ4n) is 8.47. The third kappa shape index (κ3) is 4.99. The van der Waals surface area contributed by atoms with Crippen LogP contribution < -0.4 is 5.32 Å². The SMILES string of the molecule is CC(NC(=O)/C(C#N)=C\N1CCN(C(c2ccccc2)c2ccccc2)CC1)C12CC3CC(CC(C3)C1)C2. The van der Waals surface area contributed by atoms with E-state index in [1.807, 2.05) is 0 Å². The van der Waals surface area contributed by atoms with Crippen molar-refractivity contribution in [1.29, 1.82) is 5.26 Å². The number of amides is 1. The molecular weight excluding hydrogens is 468 g/mol. The molecule has 5 nitrogen and oxygen atoms in total. The molecular formula is C33H40N4O. The van der Waals surface area contributed by atoms with Crippen LogP contribution in [-0.4, -0.2) is 47.9 Å². The number of piperazine rings is 1. The third-order valence-corrected chi connectivity index (χ3v) is 9.97. The zero-order valence-electron chi connectivity index (χ0n) is 22.6. The molecule has 1 N–H and O–H groups in total. The molecule has 1 aliphatic heterocycles. The fraction of sp³-hybridized carbons (Fsp3) is 0.515. The van der Waals surface area contributed by atoms with Crippen LogP contribution in [0.2, 0.25) is 0 Å². The molecule has 1 atom stereocenters. The first-order valence-corrected chi connectivity index (χ1v) is 14.5. The van der Waals surface area contributed by atoms with E-state index in [0.29, 0.717) is 0 Å². The van der Waals surface area contributed by atoms with Gasteiger partial charge in [0.15, 0.2) is 0 Å². The lowest BCUT2D eigenvalue weighted by Gasteiger charge is -2.59. The van der Waals surface area contributed by atoms with E-state index in [1.54, 1.807) is 6.20 Å². The molecule has 0 aromatic heterocycles. The van der Waals surface area contributed by atoms with Gasteiger partial charge < -0.3 is 10.2 Å². The molecule has 5 heteroatoms. The number of rotatable bonds is 7. The summed E-state index contributed by atoms with van der Waals surface area (Å²) in [5, 5.41) is 13.2. The number of benzene rings is 2. The lowest BCUT2D eigenvalue weighted by Crippen LogP contribution is -2.56. The minimum Gasteiger partial charge on any atom is -0.374 e. The highest BCUT2D eigenvalue weighted by molar-refractivity contribution is 5.97. The number of carbonyl (C=O) groups excluding carboxylic acids is 1. The van der Waals surface area contributed by atoms with Gasteiger partial charge in [0, 0.05) is 38.4 Å². The molecule has 1 saturated heterocycles. The summed E-state index contributed by atoms with van der Waals surface area (Å²) in [6.07, 6.45) is 9.73. The number of nitriles is 1. The van der Waals surface area contributed by atoms with E-state index in [2.05, 4.69) is 88.8 Å². The second-order valence-electron chi connectivity index (χ2n) is 12.4. The third-order valence-electron chi connectivity index (χ3n) is 9.97. The predicted molar refractivity (Wildman–Crippen MR) is 150 cm³/mol. The van der Waals surface area contributed by atoms with Gasteiger partial charge in [-0.25, -0.2) is 0 Å². The van der Waals surface area contributed by atoms with Gasteiger partial charge in [-0.2, -0.15) is 5.26 Å². The molecule has 0 spiro atoms. The Kier molecular flexibility index (Phi) is 7.01. The topological polar surface area (TPSA) is 59.4 Å². The van der Waals surface area contributed by atoms with E-state index in [9.17, 15) is 10.1 Å². The summed E-state index contributed by atoms with van der Waals surface area (Å²) in [6, 6.07) is 23.9. The van der Waals surface area contributed by atoms with Crippen molar-refractivity contribution in [2.45, 2.75) is 57.5 Å². The van der Waals surface area contributed by atoms with Crippen LogP contribution in [0, 0.1) is 34.5 Å². The van der Waals surface area contributed by atoms with E-state index >= 15 is 0 Å². The molecule has 4 bridgehead atoms. The average Bonchev–Trinajstić information content (AvgIpc) is 2.93. The normalized spacial score (nSPS) is 29.8. The zero-order chi connectivity index (χ0) is 26.1. The van der Waals surface area contributed by atoms with Gasteiger partial charge >= 0.3 is 0 Å². The molecule has 1 unspecified atom stereocenters. The molecule has 5 aliphatic rings. The highest BCUT2D eigenvalue weighted by Crippen LogP contribution is 2.61. The Morgan fingerprint density at radius 3 is 1.87 bits per heavy atom. The molecule has 5 fully saturated rings. The van der Waals surface area contributed by atoms with Crippen molar-refractivity contribution in [3.05, 3.63) is 83.6 Å². The Hall–Kier alpha value is -3.10. The Bertz CT molecular complexity index is 1120. The van der Waals surface area contributed by atoms with Crippen LogP contribution in [0.25, 0.3) is 0 Å². The Morgan fingerprint density at radius 1 is 0.895 bits per heavy atom. The number of carbonyl (C=O) groups is 1. The molecule has 38 heavy (non-hydrogen) atoms. The maximum atomic E-state index is 13.3. The smallest absolute Gasteiger partial charge is 0.263 e. The Labute approximate surface area is 227 Å². The standard InChI is InChI=1S/C33H40N4O/c1-24(33-19-25-16-26(20-33)18-27(17-25)21-33)35-32(38)30(22-34)23-36-12-14-37(15-13-36)31(28-8-4-2-5-9-28)29-10-6-3-7-11-29/h2-11,23-27,31H,12-21H2,1H3,(H,35,38)/b30-23-. The van der Waals surface area contributed by atoms with Gasteiger partial charge in [-0.1, -0.05) is 60.7 Å². The van der Waals surface area contributed by atoms with Crippen molar-refractivity contribution in [1.82, 2.24) is 15.1 Å². The van der Waals surface area contributed by atoms with Gasteiger partial charge in [-0.05, 0) is 79.7 Å². The van der Waals surface area contributed by atoms with Gasteiger partial charge in [0.05, 0.1) is 6.04 Å². The summed E-state index contributed by atoms with van der Waals surface area (Å²) in [5.41, 5.74) is 3.05. The predicted octanol–water partition coefficient (Wildman–Crippen LogP) is 5.52. The molecule has 1 heterocycles. The number of nitrogens with zero attached hydrogens (tertiary/aromatic N) is 3. The monoisotopic (exact) mass is 508 g/mol. The minimum atomic E-state index is -0.204. The Balaban J connectivity index is 1.10. The first-order chi connectivity index (χ1) is 18.5. The van der Waals surface area contributed by atoms with Gasteiger partial charge in [0.25, 0.3) is 5.91 Å². The van der Waals surface area contributed by atoms with Crippen molar-refractivity contribution >= 4 is 5.91 Å². The maximum Gasteiger partial charge on any atom is 0.263 e. The summed E-state index contributed by atoms with van der Waals surface area (Å²) in [7, 11) is 0. The van der Waals surface area contributed by atoms with Crippen molar-refractivity contribution in [3.8, 4) is 6.07 Å². The van der Waals surface area contributed by atoms with Crippen LogP contribution in [0.4, 0.5) is 0 Å². The van der Waals surface area contributed by atoms with Crippen LogP contribution in [0.1, 0.15) is 62.6 Å². The molecule has 2 aromatic rings. The van der Waals surface area contributed by atoms with Crippen molar-refractivity contribution in [2.75, 3.05) is 26.2 Å². The lowest BCUT2D eigenvalue weighted by molar-refractivity contribution is -0.122.